The molecule has 96 valence electrons. The van der Waals surface area contributed by atoms with Gasteiger partial charge in [0.1, 0.15) is 0 Å². The fourth-order valence-corrected chi connectivity index (χ4v) is 2.67. The summed E-state index contributed by atoms with van der Waals surface area (Å²) in [5.74, 6) is 6.42. The van der Waals surface area contributed by atoms with Crippen molar-refractivity contribution in [3.63, 3.8) is 0 Å². The van der Waals surface area contributed by atoms with Crippen molar-refractivity contribution in [2.45, 2.75) is 38.1 Å². The molecule has 0 amide bonds. The van der Waals surface area contributed by atoms with Crippen LogP contribution >= 0.6 is 11.6 Å². The second-order valence-corrected chi connectivity index (χ2v) is 5.46. The van der Waals surface area contributed by atoms with Crippen LogP contribution in [0.1, 0.15) is 37.7 Å². The van der Waals surface area contributed by atoms with E-state index in [1.807, 2.05) is 24.3 Å². The van der Waals surface area contributed by atoms with E-state index < -0.39 is 0 Å². The third kappa shape index (κ3) is 4.05. The van der Waals surface area contributed by atoms with E-state index in [9.17, 15) is 0 Å². The summed E-state index contributed by atoms with van der Waals surface area (Å²) in [4.78, 5) is 2.39. The van der Waals surface area contributed by atoms with E-state index in [4.69, 9.17) is 11.6 Å². The number of rotatable bonds is 2. The van der Waals surface area contributed by atoms with Crippen molar-refractivity contribution in [1.29, 1.82) is 0 Å². The predicted molar refractivity (Wildman–Crippen MR) is 77.8 cm³/mol. The SMILES string of the molecule is CN(CC#Cc1cccc(Cl)c1)C1CCCCC1. The van der Waals surface area contributed by atoms with Crippen molar-refractivity contribution in [2.75, 3.05) is 13.6 Å². The molecular formula is C16H20ClN. The minimum atomic E-state index is 0.729. The van der Waals surface area contributed by atoms with Gasteiger partial charge < -0.3 is 0 Å². The lowest BCUT2D eigenvalue weighted by Gasteiger charge is -2.29. The van der Waals surface area contributed by atoms with Gasteiger partial charge in [-0.2, -0.15) is 0 Å². The third-order valence-electron chi connectivity index (χ3n) is 3.58. The van der Waals surface area contributed by atoms with Crippen molar-refractivity contribution in [3.8, 4) is 11.8 Å². The maximum absolute atomic E-state index is 5.93. The summed E-state index contributed by atoms with van der Waals surface area (Å²) in [6, 6.07) is 8.46. The molecule has 1 saturated carbocycles. The molecule has 0 unspecified atom stereocenters. The van der Waals surface area contributed by atoms with Gasteiger partial charge in [-0.1, -0.05) is 48.8 Å². The monoisotopic (exact) mass is 261 g/mol. The second-order valence-electron chi connectivity index (χ2n) is 5.02. The minimum Gasteiger partial charge on any atom is -0.292 e. The highest BCUT2D eigenvalue weighted by Crippen LogP contribution is 2.21. The summed E-state index contributed by atoms with van der Waals surface area (Å²) in [7, 11) is 2.18. The van der Waals surface area contributed by atoms with E-state index >= 15 is 0 Å². The molecule has 0 bridgehead atoms. The number of nitrogens with zero attached hydrogens (tertiary/aromatic N) is 1. The van der Waals surface area contributed by atoms with Gasteiger partial charge >= 0.3 is 0 Å². The largest absolute Gasteiger partial charge is 0.292 e. The van der Waals surface area contributed by atoms with E-state index in [1.165, 1.54) is 32.1 Å². The summed E-state index contributed by atoms with van der Waals surface area (Å²) in [5.41, 5.74) is 1.000. The Hall–Kier alpha value is -0.970. The van der Waals surface area contributed by atoms with E-state index in [1.54, 1.807) is 0 Å². The average molecular weight is 262 g/mol. The molecule has 1 aromatic carbocycles. The van der Waals surface area contributed by atoms with Gasteiger partial charge in [0.05, 0.1) is 6.54 Å². The molecule has 1 aliphatic carbocycles. The number of halogens is 1. The third-order valence-corrected chi connectivity index (χ3v) is 3.82. The van der Waals surface area contributed by atoms with Gasteiger partial charge in [-0.15, -0.1) is 0 Å². The maximum atomic E-state index is 5.93. The van der Waals surface area contributed by atoms with Crippen LogP contribution < -0.4 is 0 Å². The highest BCUT2D eigenvalue weighted by molar-refractivity contribution is 6.30. The van der Waals surface area contributed by atoms with E-state index in [0.29, 0.717) is 0 Å². The summed E-state index contributed by atoms with van der Waals surface area (Å²) >= 11 is 5.93. The van der Waals surface area contributed by atoms with Crippen LogP contribution in [0.3, 0.4) is 0 Å². The van der Waals surface area contributed by atoms with Gasteiger partial charge in [0, 0.05) is 16.6 Å². The highest BCUT2D eigenvalue weighted by atomic mass is 35.5. The molecule has 0 N–H and O–H groups in total. The number of benzene rings is 1. The molecule has 0 radical (unpaired) electrons. The Balaban J connectivity index is 1.87. The molecule has 0 spiro atoms. The number of hydrogen-bond donors (Lipinski definition) is 0. The van der Waals surface area contributed by atoms with Crippen molar-refractivity contribution in [2.24, 2.45) is 0 Å². The van der Waals surface area contributed by atoms with Crippen LogP contribution in [0, 0.1) is 11.8 Å². The van der Waals surface area contributed by atoms with Crippen molar-refractivity contribution < 1.29 is 0 Å². The van der Waals surface area contributed by atoms with Crippen molar-refractivity contribution in [3.05, 3.63) is 34.9 Å². The van der Waals surface area contributed by atoms with Crippen LogP contribution in [0.15, 0.2) is 24.3 Å². The van der Waals surface area contributed by atoms with Crippen LogP contribution in [-0.2, 0) is 0 Å². The fraction of sp³-hybridized carbons (Fsp3) is 0.500. The second kappa shape index (κ2) is 6.83. The first-order valence-electron chi connectivity index (χ1n) is 6.70. The lowest BCUT2D eigenvalue weighted by Crippen LogP contribution is -2.33. The fourth-order valence-electron chi connectivity index (χ4n) is 2.48. The van der Waals surface area contributed by atoms with Crippen LogP contribution in [0.5, 0.6) is 0 Å². The van der Waals surface area contributed by atoms with Gasteiger partial charge in [0.2, 0.25) is 0 Å². The molecule has 0 heterocycles. The average Bonchev–Trinajstić information content (AvgIpc) is 2.40. The first-order valence-corrected chi connectivity index (χ1v) is 7.08. The minimum absolute atomic E-state index is 0.729. The highest BCUT2D eigenvalue weighted by Gasteiger charge is 2.16. The Labute approximate surface area is 115 Å². The Morgan fingerprint density at radius 2 is 2.06 bits per heavy atom. The normalized spacial score (nSPS) is 16.4. The van der Waals surface area contributed by atoms with Gasteiger partial charge in [-0.05, 0) is 38.1 Å². The first kappa shape index (κ1) is 13.5. The Bertz CT molecular complexity index is 438. The van der Waals surface area contributed by atoms with Gasteiger partial charge in [0.25, 0.3) is 0 Å². The summed E-state index contributed by atoms with van der Waals surface area (Å²) in [6.07, 6.45) is 6.80. The quantitative estimate of drug-likeness (QED) is 0.729. The zero-order valence-corrected chi connectivity index (χ0v) is 11.7. The first-order chi connectivity index (χ1) is 8.75. The van der Waals surface area contributed by atoms with Crippen molar-refractivity contribution >= 4 is 11.6 Å². The Kier molecular flexibility index (Phi) is 5.11. The molecule has 0 saturated heterocycles. The van der Waals surface area contributed by atoms with Gasteiger partial charge in [0.15, 0.2) is 0 Å². The van der Waals surface area contributed by atoms with Crippen LogP contribution in [-0.4, -0.2) is 24.5 Å². The van der Waals surface area contributed by atoms with Crippen LogP contribution in [0.4, 0.5) is 0 Å². The van der Waals surface area contributed by atoms with E-state index in [0.717, 1.165) is 23.2 Å². The summed E-state index contributed by atoms with van der Waals surface area (Å²) < 4.78 is 0. The molecule has 1 nitrogen and oxygen atoms in total. The zero-order chi connectivity index (χ0) is 12.8. The standard InChI is InChI=1S/C16H20ClN/c1-18(16-10-3-2-4-11-16)12-6-8-14-7-5-9-15(17)13-14/h5,7,9,13,16H,2-4,10-12H2,1H3. The molecule has 0 atom stereocenters. The molecule has 2 heteroatoms. The Morgan fingerprint density at radius 3 is 2.78 bits per heavy atom. The molecular weight excluding hydrogens is 242 g/mol. The smallest absolute Gasteiger partial charge is 0.0605 e. The lowest BCUT2D eigenvalue weighted by atomic mass is 9.94. The molecule has 1 fully saturated rings. The molecule has 0 aliphatic heterocycles. The zero-order valence-electron chi connectivity index (χ0n) is 11.0. The number of hydrogen-bond acceptors (Lipinski definition) is 1. The van der Waals surface area contributed by atoms with Gasteiger partial charge in [-0.25, -0.2) is 0 Å². The van der Waals surface area contributed by atoms with Crippen LogP contribution in [0.25, 0.3) is 0 Å². The molecule has 1 aliphatic rings. The molecule has 2 rings (SSSR count). The summed E-state index contributed by atoms with van der Waals surface area (Å²) in [5, 5.41) is 0.752. The molecule has 1 aromatic rings. The predicted octanol–water partition coefficient (Wildman–Crippen LogP) is 3.96. The maximum Gasteiger partial charge on any atom is 0.0605 e. The lowest BCUT2D eigenvalue weighted by molar-refractivity contribution is 0.212. The molecule has 0 aromatic heterocycles. The Morgan fingerprint density at radius 1 is 1.28 bits per heavy atom. The van der Waals surface area contributed by atoms with Gasteiger partial charge in [-0.3, -0.25) is 4.90 Å². The van der Waals surface area contributed by atoms with Crippen molar-refractivity contribution in [1.82, 2.24) is 4.90 Å². The topological polar surface area (TPSA) is 3.24 Å². The molecule has 18 heavy (non-hydrogen) atoms. The van der Waals surface area contributed by atoms with Crippen LogP contribution in [0.2, 0.25) is 5.02 Å². The van der Waals surface area contributed by atoms with E-state index in [2.05, 4.69) is 23.8 Å². The van der Waals surface area contributed by atoms with E-state index in [-0.39, 0.29) is 0 Å². The summed E-state index contributed by atoms with van der Waals surface area (Å²) in [6.45, 7) is 0.844.